The number of sulfonamides is 2. The molecule has 24 nitrogen and oxygen atoms in total. The minimum absolute atomic E-state index is 0.0626. The topological polar surface area (TPSA) is 305 Å². The van der Waals surface area contributed by atoms with Gasteiger partial charge in [-0.3, -0.25) is 9.80 Å². The predicted octanol–water partition coefficient (Wildman–Crippen LogP) is 3.50. The van der Waals surface area contributed by atoms with Gasteiger partial charge in [0, 0.05) is 89.0 Å². The van der Waals surface area contributed by atoms with Crippen LogP contribution in [-0.2, 0) is 20.0 Å². The summed E-state index contributed by atoms with van der Waals surface area (Å²) in [5, 5.41) is 6.15. The second-order valence-electron chi connectivity index (χ2n) is 16.9. The van der Waals surface area contributed by atoms with E-state index in [9.17, 15) is 25.6 Å². The fourth-order valence-corrected chi connectivity index (χ4v) is 9.69. The number of ether oxygens (including phenoxy) is 2. The summed E-state index contributed by atoms with van der Waals surface area (Å²) in [6.07, 6.45) is 8.73. The quantitative estimate of drug-likeness (QED) is 0.121. The van der Waals surface area contributed by atoms with E-state index in [0.29, 0.717) is 110 Å². The van der Waals surface area contributed by atoms with E-state index in [1.165, 1.54) is 59.9 Å². The molecule has 2 aliphatic heterocycles. The number of rotatable bonds is 14. The Morgan fingerprint density at radius 2 is 0.917 bits per heavy atom. The second kappa shape index (κ2) is 22.2. The highest BCUT2D eigenvalue weighted by molar-refractivity contribution is 7.88. The molecule has 8 rings (SSSR count). The van der Waals surface area contributed by atoms with Gasteiger partial charge in [0.15, 0.2) is 23.3 Å². The zero-order valence-corrected chi connectivity index (χ0v) is 42.5. The maximum atomic E-state index is 14.2. The van der Waals surface area contributed by atoms with Crippen molar-refractivity contribution in [1.29, 1.82) is 0 Å². The average molecular weight is 1040 g/mol. The van der Waals surface area contributed by atoms with Gasteiger partial charge in [0.25, 0.3) is 0 Å². The van der Waals surface area contributed by atoms with Crippen LogP contribution in [0.3, 0.4) is 0 Å². The molecule has 2 atom stereocenters. The first-order valence-corrected chi connectivity index (χ1v) is 26.1. The van der Waals surface area contributed by atoms with Gasteiger partial charge >= 0.3 is 0 Å². The van der Waals surface area contributed by atoms with E-state index in [1.807, 2.05) is 26.0 Å². The van der Waals surface area contributed by atoms with E-state index < -0.39 is 31.7 Å². The molecule has 384 valence electrons. The Hall–Kier alpha value is -6.98. The Kier molecular flexibility index (Phi) is 16.3. The molecule has 0 amide bonds. The maximum absolute atomic E-state index is 14.2. The largest absolute Gasteiger partial charge is 0.479 e. The summed E-state index contributed by atoms with van der Waals surface area (Å²) in [6, 6.07) is 6.17. The Balaban J connectivity index is 0.000000211. The van der Waals surface area contributed by atoms with E-state index in [4.69, 9.17) is 20.9 Å². The number of nitrogens with two attached hydrogens (primary N) is 2. The smallest absolute Gasteiger partial charge is 0.250 e. The van der Waals surface area contributed by atoms with Crippen LogP contribution < -0.4 is 31.6 Å². The van der Waals surface area contributed by atoms with E-state index >= 15 is 0 Å². The van der Waals surface area contributed by atoms with Crippen LogP contribution in [-0.4, -0.2) is 164 Å². The summed E-state index contributed by atoms with van der Waals surface area (Å²) < 4.78 is 88.6. The second-order valence-corrected chi connectivity index (χ2v) is 20.9. The number of nitrogens with one attached hydrogen (secondary N) is 2. The van der Waals surface area contributed by atoms with Gasteiger partial charge in [-0.05, 0) is 51.0 Å². The molecule has 0 aromatic carbocycles. The summed E-state index contributed by atoms with van der Waals surface area (Å²) >= 11 is 0. The van der Waals surface area contributed by atoms with Crippen molar-refractivity contribution < 1.29 is 35.1 Å². The van der Waals surface area contributed by atoms with Gasteiger partial charge in [-0.25, -0.2) is 55.5 Å². The lowest BCUT2D eigenvalue weighted by Crippen LogP contribution is -2.48. The molecule has 0 saturated carbocycles. The number of hydrogen-bond donors (Lipinski definition) is 4. The van der Waals surface area contributed by atoms with Crippen LogP contribution in [0.25, 0.3) is 22.8 Å². The molecule has 0 bridgehead atoms. The third-order valence-corrected chi connectivity index (χ3v) is 14.5. The number of halogens is 2. The first kappa shape index (κ1) is 52.8. The molecule has 0 radical (unpaired) electrons. The number of pyridine rings is 4. The summed E-state index contributed by atoms with van der Waals surface area (Å²) in [7, 11) is -3.76. The van der Waals surface area contributed by atoms with Gasteiger partial charge in [-0.2, -0.15) is 28.5 Å². The summed E-state index contributed by atoms with van der Waals surface area (Å²) in [5.41, 5.74) is 15.3. The van der Waals surface area contributed by atoms with Crippen LogP contribution in [0.1, 0.15) is 48.7 Å². The molecule has 6 N–H and O–H groups in total. The molecule has 2 fully saturated rings. The van der Waals surface area contributed by atoms with Crippen molar-refractivity contribution in [3.8, 4) is 34.5 Å². The summed E-state index contributed by atoms with van der Waals surface area (Å²) in [4.78, 5) is 46.9. The normalized spacial score (nSPS) is 16.0. The van der Waals surface area contributed by atoms with Crippen LogP contribution in [0.2, 0.25) is 0 Å². The van der Waals surface area contributed by atoms with Crippen molar-refractivity contribution in [3.63, 3.8) is 0 Å². The maximum Gasteiger partial charge on any atom is 0.250 e. The molecule has 6 aromatic rings. The number of nitrogen functional groups attached to an aromatic ring is 2. The fourth-order valence-electron chi connectivity index (χ4n) is 8.03. The number of nitrogens with zero attached hydrogens (tertiary/aromatic N) is 14. The average Bonchev–Trinajstić information content (AvgIpc) is 3.33. The third kappa shape index (κ3) is 12.9. The zero-order chi connectivity index (χ0) is 52.1. The van der Waals surface area contributed by atoms with Crippen molar-refractivity contribution in [2.45, 2.75) is 39.8 Å². The lowest BCUT2D eigenvalue weighted by molar-refractivity contribution is 0.146. The molecule has 28 heteroatoms. The lowest BCUT2D eigenvalue weighted by Gasteiger charge is -2.37. The van der Waals surface area contributed by atoms with Gasteiger partial charge in [-0.1, -0.05) is 0 Å². The zero-order valence-electron chi connectivity index (χ0n) is 40.9. The molecule has 6 aromatic heterocycles. The van der Waals surface area contributed by atoms with Gasteiger partial charge in [0.05, 0.1) is 61.6 Å². The van der Waals surface area contributed by atoms with Crippen molar-refractivity contribution in [2.24, 2.45) is 0 Å². The Morgan fingerprint density at radius 1 is 0.556 bits per heavy atom. The first-order valence-electron chi connectivity index (χ1n) is 22.4. The van der Waals surface area contributed by atoms with Gasteiger partial charge in [0.1, 0.15) is 23.3 Å². The standard InChI is InChI=1S/2C22H28FN9O3S/c2*1-13(31-5-7-32(8-6-31)36(4,33)34)15-9-17(20-27-14(2)28-22(24)30-20)19(25-11-15)29-16-10-18(23)21(35-3)26-12-16/h2*9-13H,5-8H2,1-4H3,(H,25,29)(H2,24,27,28,30)/t2*13-/m10/s1. The highest BCUT2D eigenvalue weighted by atomic mass is 32.2. The number of anilines is 6. The third-order valence-electron chi connectivity index (χ3n) is 11.9. The minimum Gasteiger partial charge on any atom is -0.479 e. The number of piperazine rings is 2. The molecule has 2 aliphatic rings. The van der Waals surface area contributed by atoms with Crippen molar-refractivity contribution in [3.05, 3.63) is 83.5 Å². The molecule has 0 spiro atoms. The molecule has 2 saturated heterocycles. The SMILES string of the molecule is COc1ncc(Nc2ncc([C@@H](C)N3CCN(S(C)(=O)=O)CC3)cc2-c2nc(C)nc(N)n2)cc1F.COc1ncc(Nc2ncc([C@H](C)N3CCN(S(C)(=O)=O)CC3)cc2-c2nc(C)nc(N)n2)cc1F. The highest BCUT2D eigenvalue weighted by Gasteiger charge is 2.29. The minimum atomic E-state index is -3.22. The van der Waals surface area contributed by atoms with Crippen LogP contribution in [0.5, 0.6) is 11.8 Å². The van der Waals surface area contributed by atoms with Crippen LogP contribution in [0.15, 0.2) is 49.1 Å². The van der Waals surface area contributed by atoms with Gasteiger partial charge in [0.2, 0.25) is 43.7 Å². The summed E-state index contributed by atoms with van der Waals surface area (Å²) in [6.45, 7) is 11.5. The Bertz CT molecular complexity index is 2900. The van der Waals surface area contributed by atoms with E-state index in [-0.39, 0.29) is 35.7 Å². The van der Waals surface area contributed by atoms with E-state index in [2.05, 4.69) is 70.3 Å². The van der Waals surface area contributed by atoms with E-state index in [0.717, 1.165) is 11.1 Å². The summed E-state index contributed by atoms with van der Waals surface area (Å²) in [5.74, 6) is 0.920. The van der Waals surface area contributed by atoms with Crippen molar-refractivity contribution >= 4 is 55.0 Å². The fraction of sp³-hybridized carbons (Fsp3) is 0.409. The van der Waals surface area contributed by atoms with Crippen LogP contribution >= 0.6 is 0 Å². The molecule has 8 heterocycles. The molecule has 0 aliphatic carbocycles. The lowest BCUT2D eigenvalue weighted by atomic mass is 10.1. The van der Waals surface area contributed by atoms with Crippen LogP contribution in [0.4, 0.5) is 43.7 Å². The Labute approximate surface area is 415 Å². The number of methoxy groups -OCH3 is 2. The number of aromatic nitrogens is 10. The van der Waals surface area contributed by atoms with Crippen molar-refractivity contribution in [1.82, 2.24) is 68.3 Å². The molecule has 0 unspecified atom stereocenters. The van der Waals surface area contributed by atoms with Crippen LogP contribution in [0, 0.1) is 25.5 Å². The monoisotopic (exact) mass is 1030 g/mol. The Morgan fingerprint density at radius 3 is 1.22 bits per heavy atom. The first-order chi connectivity index (χ1) is 34.1. The highest BCUT2D eigenvalue weighted by Crippen LogP contribution is 2.34. The number of aryl methyl sites for hydroxylation is 2. The molecular formula is C44H56F2N18O6S2. The molecular weight excluding hydrogens is 979 g/mol. The predicted molar refractivity (Wildman–Crippen MR) is 265 cm³/mol. The molecule has 72 heavy (non-hydrogen) atoms. The van der Waals surface area contributed by atoms with Gasteiger partial charge < -0.3 is 31.6 Å². The van der Waals surface area contributed by atoms with Crippen molar-refractivity contribution in [2.75, 3.05) is 101 Å². The van der Waals surface area contributed by atoms with E-state index in [1.54, 1.807) is 26.2 Å². The number of hydrogen-bond acceptors (Lipinski definition) is 22. The van der Waals surface area contributed by atoms with Gasteiger partial charge in [-0.15, -0.1) is 0 Å².